The molecule has 0 bridgehead atoms. The van der Waals surface area contributed by atoms with Gasteiger partial charge in [0.1, 0.15) is 5.75 Å². The van der Waals surface area contributed by atoms with Crippen molar-refractivity contribution in [2.45, 2.75) is 13.0 Å². The van der Waals surface area contributed by atoms with Crippen LogP contribution in [0.15, 0.2) is 78.9 Å². The fraction of sp³-hybridized carbons (Fsp3) is 0.231. The van der Waals surface area contributed by atoms with E-state index in [1.54, 1.807) is 12.0 Å². The molecule has 3 aromatic rings. The predicted molar refractivity (Wildman–Crippen MR) is 121 cm³/mol. The van der Waals surface area contributed by atoms with Gasteiger partial charge in [0.15, 0.2) is 0 Å². The highest BCUT2D eigenvalue weighted by atomic mass is 16.5. The van der Waals surface area contributed by atoms with Crippen LogP contribution in [0.1, 0.15) is 22.3 Å². The molecular formula is C26H26N2O3. The van der Waals surface area contributed by atoms with Crippen molar-refractivity contribution < 1.29 is 14.3 Å². The zero-order chi connectivity index (χ0) is 21.6. The first-order valence-electron chi connectivity index (χ1n) is 10.5. The van der Waals surface area contributed by atoms with Crippen molar-refractivity contribution in [2.24, 2.45) is 0 Å². The third kappa shape index (κ3) is 4.94. The van der Waals surface area contributed by atoms with Crippen molar-refractivity contribution in [1.29, 1.82) is 0 Å². The zero-order valence-electron chi connectivity index (χ0n) is 17.7. The summed E-state index contributed by atoms with van der Waals surface area (Å²) in [7, 11) is 1.63. The van der Waals surface area contributed by atoms with Gasteiger partial charge in [0, 0.05) is 38.2 Å². The Bertz CT molecular complexity index is 1030. The summed E-state index contributed by atoms with van der Waals surface area (Å²) in [4.78, 5) is 29.2. The van der Waals surface area contributed by atoms with Crippen molar-refractivity contribution >= 4 is 11.8 Å². The first-order valence-corrected chi connectivity index (χ1v) is 10.5. The second kappa shape index (κ2) is 9.47. The van der Waals surface area contributed by atoms with E-state index >= 15 is 0 Å². The van der Waals surface area contributed by atoms with Crippen molar-refractivity contribution in [3.63, 3.8) is 0 Å². The minimum atomic E-state index is -0.0290. The van der Waals surface area contributed by atoms with Gasteiger partial charge < -0.3 is 14.5 Å². The smallest absolute Gasteiger partial charge is 0.253 e. The van der Waals surface area contributed by atoms with Crippen LogP contribution in [0.2, 0.25) is 0 Å². The summed E-state index contributed by atoms with van der Waals surface area (Å²) in [6.07, 6.45) is 0.337. The van der Waals surface area contributed by atoms with Crippen LogP contribution in [0.5, 0.6) is 5.75 Å². The number of carbonyl (C=O) groups is 2. The second-order valence-electron chi connectivity index (χ2n) is 7.65. The number of ether oxygens (including phenoxy) is 1. The molecule has 0 atom stereocenters. The molecule has 0 N–H and O–H groups in total. The molecule has 5 nitrogen and oxygen atoms in total. The van der Waals surface area contributed by atoms with Gasteiger partial charge in [-0.25, -0.2) is 0 Å². The van der Waals surface area contributed by atoms with E-state index in [9.17, 15) is 9.59 Å². The molecule has 5 heteroatoms. The van der Waals surface area contributed by atoms with Crippen molar-refractivity contribution in [2.75, 3.05) is 26.7 Å². The maximum Gasteiger partial charge on any atom is 0.253 e. The average molecular weight is 415 g/mol. The van der Waals surface area contributed by atoms with E-state index in [1.807, 2.05) is 71.6 Å². The molecule has 0 aliphatic carbocycles. The lowest BCUT2D eigenvalue weighted by molar-refractivity contribution is -0.130. The summed E-state index contributed by atoms with van der Waals surface area (Å²) in [5, 5.41) is 0. The molecule has 1 aliphatic rings. The first kappa shape index (κ1) is 20.7. The molecule has 2 amide bonds. The SMILES string of the molecule is COc1ccc(CN2CCN(C(=O)c3ccc(-c4ccccc4)cc3)CCC2=O)cc1. The normalized spacial score (nSPS) is 14.3. The van der Waals surface area contributed by atoms with Gasteiger partial charge in [0.25, 0.3) is 5.91 Å². The third-order valence-corrected chi connectivity index (χ3v) is 5.65. The molecule has 1 heterocycles. The van der Waals surface area contributed by atoms with Crippen LogP contribution >= 0.6 is 0 Å². The standard InChI is InChI=1S/C26H26N2O3/c1-31-24-13-7-20(8-14-24)19-28-18-17-27(16-15-25(28)29)26(30)23-11-9-22(10-12-23)21-5-3-2-4-6-21/h2-14H,15-19H2,1H3. The van der Waals surface area contributed by atoms with Crippen LogP contribution in [0.4, 0.5) is 0 Å². The molecular weight excluding hydrogens is 388 g/mol. The highest BCUT2D eigenvalue weighted by Gasteiger charge is 2.24. The van der Waals surface area contributed by atoms with Gasteiger partial charge in [-0.05, 0) is 41.0 Å². The van der Waals surface area contributed by atoms with E-state index in [2.05, 4.69) is 12.1 Å². The minimum absolute atomic E-state index is 0.0290. The van der Waals surface area contributed by atoms with Crippen LogP contribution in [0.3, 0.4) is 0 Å². The number of hydrogen-bond acceptors (Lipinski definition) is 3. The van der Waals surface area contributed by atoms with Crippen molar-refractivity contribution in [3.8, 4) is 16.9 Å². The molecule has 1 fully saturated rings. The van der Waals surface area contributed by atoms with Gasteiger partial charge in [-0.2, -0.15) is 0 Å². The van der Waals surface area contributed by atoms with Crippen LogP contribution in [-0.2, 0) is 11.3 Å². The quantitative estimate of drug-likeness (QED) is 0.628. The summed E-state index contributed by atoms with van der Waals surface area (Å²) in [6, 6.07) is 25.5. The highest BCUT2D eigenvalue weighted by Crippen LogP contribution is 2.21. The Balaban J connectivity index is 1.40. The second-order valence-corrected chi connectivity index (χ2v) is 7.65. The Morgan fingerprint density at radius 2 is 1.52 bits per heavy atom. The molecule has 1 aliphatic heterocycles. The third-order valence-electron chi connectivity index (χ3n) is 5.65. The Morgan fingerprint density at radius 1 is 0.839 bits per heavy atom. The molecule has 0 unspecified atom stereocenters. The van der Waals surface area contributed by atoms with Gasteiger partial charge in [-0.3, -0.25) is 9.59 Å². The van der Waals surface area contributed by atoms with Gasteiger partial charge >= 0.3 is 0 Å². The number of methoxy groups -OCH3 is 1. The Kier molecular flexibility index (Phi) is 6.32. The first-order chi connectivity index (χ1) is 15.1. The van der Waals surface area contributed by atoms with Crippen molar-refractivity contribution in [3.05, 3.63) is 90.0 Å². The molecule has 0 saturated carbocycles. The van der Waals surface area contributed by atoms with Gasteiger partial charge in [-0.15, -0.1) is 0 Å². The average Bonchev–Trinajstić information content (AvgIpc) is 3.01. The van der Waals surface area contributed by atoms with Crippen LogP contribution in [0, 0.1) is 0 Å². The van der Waals surface area contributed by atoms with Crippen LogP contribution in [0.25, 0.3) is 11.1 Å². The summed E-state index contributed by atoms with van der Waals surface area (Å²) < 4.78 is 5.19. The summed E-state index contributed by atoms with van der Waals surface area (Å²) in [5.41, 5.74) is 3.89. The van der Waals surface area contributed by atoms with E-state index in [-0.39, 0.29) is 11.8 Å². The summed E-state index contributed by atoms with van der Waals surface area (Å²) >= 11 is 0. The summed E-state index contributed by atoms with van der Waals surface area (Å²) in [6.45, 7) is 2.04. The van der Waals surface area contributed by atoms with Gasteiger partial charge in [0.2, 0.25) is 5.91 Å². The number of rotatable bonds is 5. The largest absolute Gasteiger partial charge is 0.497 e. The number of amides is 2. The monoisotopic (exact) mass is 414 g/mol. The molecule has 158 valence electrons. The number of hydrogen-bond donors (Lipinski definition) is 0. The summed E-state index contributed by atoms with van der Waals surface area (Å²) in [5.74, 6) is 0.838. The lowest BCUT2D eigenvalue weighted by Crippen LogP contribution is -2.35. The number of nitrogens with zero attached hydrogens (tertiary/aromatic N) is 2. The van der Waals surface area contributed by atoms with E-state index in [0.29, 0.717) is 38.2 Å². The maximum absolute atomic E-state index is 13.0. The fourth-order valence-electron chi connectivity index (χ4n) is 3.81. The Morgan fingerprint density at radius 3 is 2.19 bits per heavy atom. The topological polar surface area (TPSA) is 49.9 Å². The van der Waals surface area contributed by atoms with E-state index in [1.165, 1.54) is 0 Å². The van der Waals surface area contributed by atoms with Gasteiger partial charge in [-0.1, -0.05) is 54.6 Å². The van der Waals surface area contributed by atoms with Crippen molar-refractivity contribution in [1.82, 2.24) is 9.80 Å². The van der Waals surface area contributed by atoms with Gasteiger partial charge in [0.05, 0.1) is 7.11 Å². The Hall–Kier alpha value is -3.60. The highest BCUT2D eigenvalue weighted by molar-refractivity contribution is 5.95. The lowest BCUT2D eigenvalue weighted by Gasteiger charge is -2.22. The van der Waals surface area contributed by atoms with E-state index < -0.39 is 0 Å². The molecule has 4 rings (SSSR count). The minimum Gasteiger partial charge on any atom is -0.497 e. The molecule has 0 radical (unpaired) electrons. The number of carbonyl (C=O) groups excluding carboxylic acids is 2. The van der Waals surface area contributed by atoms with Crippen LogP contribution in [-0.4, -0.2) is 48.4 Å². The Labute approximate surface area is 182 Å². The van der Waals surface area contributed by atoms with E-state index in [4.69, 9.17) is 4.74 Å². The number of benzene rings is 3. The molecule has 31 heavy (non-hydrogen) atoms. The fourth-order valence-corrected chi connectivity index (χ4v) is 3.81. The zero-order valence-corrected chi connectivity index (χ0v) is 17.7. The molecule has 0 aromatic heterocycles. The molecule has 0 spiro atoms. The maximum atomic E-state index is 13.0. The predicted octanol–water partition coefficient (Wildman–Crippen LogP) is 4.24. The molecule has 1 saturated heterocycles. The molecule has 3 aromatic carbocycles. The van der Waals surface area contributed by atoms with E-state index in [0.717, 1.165) is 22.4 Å². The lowest BCUT2D eigenvalue weighted by atomic mass is 10.0. The van der Waals surface area contributed by atoms with Crippen LogP contribution < -0.4 is 4.74 Å².